The van der Waals surface area contributed by atoms with E-state index in [-0.39, 0.29) is 34.8 Å². The number of anilines is 2. The molecule has 0 spiro atoms. The van der Waals surface area contributed by atoms with Gasteiger partial charge in [0.2, 0.25) is 5.91 Å². The Hall–Kier alpha value is -1.97. The fourth-order valence-corrected chi connectivity index (χ4v) is 7.29. The normalized spacial score (nSPS) is 33.4. The summed E-state index contributed by atoms with van der Waals surface area (Å²) in [5.41, 5.74) is 0.577. The molecule has 1 amide bonds. The Labute approximate surface area is 229 Å². The number of rotatable bonds is 5. The molecule has 1 aliphatic carbocycles. The summed E-state index contributed by atoms with van der Waals surface area (Å²) in [6.07, 6.45) is 4.81. The van der Waals surface area contributed by atoms with Gasteiger partial charge in [-0.05, 0) is 55.2 Å². The van der Waals surface area contributed by atoms with Gasteiger partial charge in [-0.3, -0.25) is 9.69 Å². The molecule has 206 valence electrons. The number of carbonyl (C=O) groups is 1. The maximum absolute atomic E-state index is 13.3. The topological polar surface area (TPSA) is 87.2 Å². The van der Waals surface area contributed by atoms with E-state index in [1.807, 2.05) is 12.1 Å². The first-order chi connectivity index (χ1) is 18.2. The third kappa shape index (κ3) is 4.58. The van der Waals surface area contributed by atoms with Gasteiger partial charge in [0.25, 0.3) is 0 Å². The van der Waals surface area contributed by atoms with Gasteiger partial charge < -0.3 is 24.8 Å². The van der Waals surface area contributed by atoms with Crippen molar-refractivity contribution >= 4 is 39.8 Å². The van der Waals surface area contributed by atoms with Crippen molar-refractivity contribution in [3.05, 3.63) is 29.4 Å². The molecule has 3 aliphatic heterocycles. The average molecular weight is 543 g/mol. The van der Waals surface area contributed by atoms with E-state index in [1.54, 1.807) is 6.20 Å². The molecule has 6 rings (SSSR count). The second-order valence-electron chi connectivity index (χ2n) is 12.3. The molecule has 9 heteroatoms. The Bertz CT molecular complexity index is 1210. The van der Waals surface area contributed by atoms with Gasteiger partial charge in [0, 0.05) is 56.2 Å². The van der Waals surface area contributed by atoms with Crippen LogP contribution in [0.1, 0.15) is 40.0 Å². The summed E-state index contributed by atoms with van der Waals surface area (Å²) in [7, 11) is 0. The number of piperazine rings is 1. The van der Waals surface area contributed by atoms with Crippen LogP contribution < -0.4 is 10.2 Å². The van der Waals surface area contributed by atoms with Gasteiger partial charge >= 0.3 is 0 Å². The average Bonchev–Trinajstić information content (AvgIpc) is 3.34. The Morgan fingerprint density at radius 1 is 1.13 bits per heavy atom. The van der Waals surface area contributed by atoms with Crippen LogP contribution in [-0.2, 0) is 14.3 Å². The summed E-state index contributed by atoms with van der Waals surface area (Å²) in [6.45, 7) is 11.4. The summed E-state index contributed by atoms with van der Waals surface area (Å²) < 4.78 is 11.6. The fraction of sp³-hybridized carbons (Fsp3) is 0.655. The van der Waals surface area contributed by atoms with Crippen molar-refractivity contribution in [3.8, 4) is 0 Å². The monoisotopic (exact) mass is 542 g/mol. The van der Waals surface area contributed by atoms with Crippen molar-refractivity contribution in [1.29, 1.82) is 0 Å². The lowest BCUT2D eigenvalue weighted by Gasteiger charge is -2.45. The van der Waals surface area contributed by atoms with E-state index >= 15 is 0 Å². The molecule has 3 saturated heterocycles. The van der Waals surface area contributed by atoms with Gasteiger partial charge in [0.05, 0.1) is 41.7 Å². The first-order valence-corrected chi connectivity index (χ1v) is 14.3. The van der Waals surface area contributed by atoms with Crippen molar-refractivity contribution < 1.29 is 19.4 Å². The zero-order chi connectivity index (χ0) is 26.7. The number of aliphatic hydroxyl groups is 1. The molecule has 5 atom stereocenters. The molecule has 4 aliphatic rings. The summed E-state index contributed by atoms with van der Waals surface area (Å²) >= 11 is 6.72. The zero-order valence-electron chi connectivity index (χ0n) is 22.6. The molecule has 0 bridgehead atoms. The largest absolute Gasteiger partial charge is 0.389 e. The van der Waals surface area contributed by atoms with Gasteiger partial charge in [-0.25, -0.2) is 4.98 Å². The highest BCUT2D eigenvalue weighted by Gasteiger charge is 2.64. The molecule has 8 nitrogen and oxygen atoms in total. The number of amides is 1. The molecule has 4 fully saturated rings. The minimum atomic E-state index is -0.467. The van der Waals surface area contributed by atoms with Crippen LogP contribution in [0, 0.1) is 17.3 Å². The smallest absolute Gasteiger partial charge is 0.229 e. The Kier molecular flexibility index (Phi) is 6.84. The van der Waals surface area contributed by atoms with Crippen molar-refractivity contribution in [2.24, 2.45) is 17.3 Å². The number of aromatic nitrogens is 1. The van der Waals surface area contributed by atoms with E-state index < -0.39 is 6.10 Å². The van der Waals surface area contributed by atoms with Gasteiger partial charge in [-0.15, -0.1) is 0 Å². The number of halogens is 1. The maximum atomic E-state index is 13.3. The van der Waals surface area contributed by atoms with E-state index in [0.29, 0.717) is 24.1 Å². The minimum Gasteiger partial charge on any atom is -0.389 e. The molecule has 1 saturated carbocycles. The number of ether oxygens (including phenoxy) is 2. The summed E-state index contributed by atoms with van der Waals surface area (Å²) in [5.74, 6) is 0.782. The van der Waals surface area contributed by atoms with Crippen LogP contribution in [-0.4, -0.2) is 84.6 Å². The number of nitrogens with one attached hydrogen (secondary N) is 1. The first-order valence-electron chi connectivity index (χ1n) is 14.0. The van der Waals surface area contributed by atoms with Crippen LogP contribution in [0.5, 0.6) is 0 Å². The minimum absolute atomic E-state index is 0.0258. The highest BCUT2D eigenvalue weighted by atomic mass is 35.5. The van der Waals surface area contributed by atoms with E-state index in [9.17, 15) is 9.90 Å². The number of hydrogen-bond donors (Lipinski definition) is 2. The third-order valence-electron chi connectivity index (χ3n) is 9.58. The van der Waals surface area contributed by atoms with Crippen LogP contribution >= 0.6 is 11.6 Å². The second kappa shape index (κ2) is 9.89. The van der Waals surface area contributed by atoms with Gasteiger partial charge in [-0.2, -0.15) is 0 Å². The fourth-order valence-electron chi connectivity index (χ4n) is 7.00. The summed E-state index contributed by atoms with van der Waals surface area (Å²) in [4.78, 5) is 22.4. The second-order valence-corrected chi connectivity index (χ2v) is 12.7. The highest BCUT2D eigenvalue weighted by Crippen LogP contribution is 2.61. The molecule has 38 heavy (non-hydrogen) atoms. The Balaban J connectivity index is 1.15. The number of carbonyl (C=O) groups excluding carboxylic acids is 1. The Morgan fingerprint density at radius 2 is 1.92 bits per heavy atom. The molecular weight excluding hydrogens is 504 g/mol. The lowest BCUT2D eigenvalue weighted by molar-refractivity contribution is -0.118. The predicted octanol–water partition coefficient (Wildman–Crippen LogP) is 3.94. The van der Waals surface area contributed by atoms with E-state index in [0.717, 1.165) is 62.1 Å². The van der Waals surface area contributed by atoms with Gasteiger partial charge in [0.15, 0.2) is 0 Å². The number of nitrogens with zero attached hydrogens (tertiary/aromatic N) is 3. The van der Waals surface area contributed by atoms with Crippen LogP contribution in [0.4, 0.5) is 11.5 Å². The molecule has 1 aromatic heterocycles. The molecule has 4 heterocycles. The van der Waals surface area contributed by atoms with E-state index in [4.69, 9.17) is 21.1 Å². The van der Waals surface area contributed by atoms with Crippen molar-refractivity contribution in [2.45, 2.75) is 57.8 Å². The van der Waals surface area contributed by atoms with Crippen LogP contribution in [0.25, 0.3) is 10.8 Å². The number of aliphatic hydroxyl groups excluding tert-OH is 1. The summed E-state index contributed by atoms with van der Waals surface area (Å²) in [6, 6.07) is 5.99. The SMILES string of the molecule is CC1(C)C(C(=O)Nc2cc3cc(N4CCN(C5(C)COCC5O)CC4)c(Cl)cc3cn2)C1C1CCCCO1. The van der Waals surface area contributed by atoms with E-state index in [2.05, 4.69) is 46.9 Å². The van der Waals surface area contributed by atoms with Gasteiger partial charge in [-0.1, -0.05) is 25.4 Å². The van der Waals surface area contributed by atoms with Gasteiger partial charge in [0.1, 0.15) is 5.82 Å². The predicted molar refractivity (Wildman–Crippen MR) is 149 cm³/mol. The number of pyridine rings is 1. The molecule has 2 aromatic rings. The molecule has 5 unspecified atom stereocenters. The van der Waals surface area contributed by atoms with Crippen LogP contribution in [0.15, 0.2) is 24.4 Å². The molecule has 1 aromatic carbocycles. The standard InChI is InChI=1S/C29H39ClN4O4/c1-28(2)25(22-6-4-5-11-38-22)26(28)27(36)32-24-14-18-13-21(20(30)12-19(18)15-31-24)33-7-9-34(10-8-33)29(3)17-37-16-23(29)35/h12-15,22-23,25-26,35H,4-11,16-17H2,1-3H3,(H,31,32,36). The van der Waals surface area contributed by atoms with Crippen LogP contribution in [0.3, 0.4) is 0 Å². The lowest BCUT2D eigenvalue weighted by Crippen LogP contribution is -2.60. The molecule has 0 radical (unpaired) electrons. The van der Waals surface area contributed by atoms with E-state index in [1.165, 1.54) is 6.42 Å². The van der Waals surface area contributed by atoms with Crippen molar-refractivity contribution in [1.82, 2.24) is 9.88 Å². The molecular formula is C29H39ClN4O4. The first kappa shape index (κ1) is 26.3. The van der Waals surface area contributed by atoms with Crippen LogP contribution in [0.2, 0.25) is 5.02 Å². The number of fused-ring (bicyclic) bond motifs is 1. The Morgan fingerprint density at radius 3 is 2.61 bits per heavy atom. The number of benzene rings is 1. The summed E-state index contributed by atoms with van der Waals surface area (Å²) in [5, 5.41) is 16.1. The third-order valence-corrected chi connectivity index (χ3v) is 9.88. The maximum Gasteiger partial charge on any atom is 0.229 e. The number of hydrogen-bond acceptors (Lipinski definition) is 7. The molecule has 2 N–H and O–H groups in total. The van der Waals surface area contributed by atoms with Crippen molar-refractivity contribution in [2.75, 3.05) is 56.2 Å². The zero-order valence-corrected chi connectivity index (χ0v) is 23.3. The van der Waals surface area contributed by atoms with Crippen molar-refractivity contribution in [3.63, 3.8) is 0 Å². The highest BCUT2D eigenvalue weighted by molar-refractivity contribution is 6.34. The lowest BCUT2D eigenvalue weighted by atomic mass is 9.95. The quantitative estimate of drug-likeness (QED) is 0.592.